The van der Waals surface area contributed by atoms with Crippen LogP contribution in [0.15, 0.2) is 48.6 Å². The van der Waals surface area contributed by atoms with Crippen LogP contribution in [0.1, 0.15) is 96.0 Å². The topological polar surface area (TPSA) is 29.5 Å². The van der Waals surface area contributed by atoms with Gasteiger partial charge in [0.15, 0.2) is 0 Å². The SMILES string of the molecule is CCCCCC1CCC(C2(OCCCCCCO)C=CC(c3ccccc3)=CC2)CC1. The minimum atomic E-state index is -0.121. The van der Waals surface area contributed by atoms with Crippen LogP contribution in [0, 0.1) is 11.8 Å². The molecule has 2 aliphatic carbocycles. The number of ether oxygens (including phenoxy) is 1. The van der Waals surface area contributed by atoms with E-state index in [9.17, 15) is 0 Å². The molecular formula is C29H44O2. The van der Waals surface area contributed by atoms with Gasteiger partial charge in [-0.15, -0.1) is 0 Å². The lowest BCUT2D eigenvalue weighted by molar-refractivity contribution is -0.0648. The average Bonchev–Trinajstić information content (AvgIpc) is 2.83. The van der Waals surface area contributed by atoms with Crippen molar-refractivity contribution in [3.8, 4) is 0 Å². The second-order valence-electron chi connectivity index (χ2n) is 9.72. The van der Waals surface area contributed by atoms with E-state index in [1.54, 1.807) is 0 Å². The average molecular weight is 425 g/mol. The fraction of sp³-hybridized carbons (Fsp3) is 0.655. The molecule has 0 saturated heterocycles. The molecule has 0 amide bonds. The highest BCUT2D eigenvalue weighted by molar-refractivity contribution is 5.75. The zero-order chi connectivity index (χ0) is 21.8. The summed E-state index contributed by atoms with van der Waals surface area (Å²) in [4.78, 5) is 0. The molecule has 1 N–H and O–H groups in total. The Hall–Kier alpha value is -1.38. The smallest absolute Gasteiger partial charge is 0.0928 e. The summed E-state index contributed by atoms with van der Waals surface area (Å²) >= 11 is 0. The molecule has 3 rings (SSSR count). The first-order chi connectivity index (χ1) is 15.3. The standard InChI is InChI=1S/C29H44O2/c1-2-3-7-12-25-15-17-28(18-16-25)29(31-24-11-5-4-10-23-30)21-19-27(20-22-29)26-13-8-6-9-14-26/h6,8-9,13-14,19-21,25,28,30H,2-5,7,10-12,15-18,22-24H2,1H3. The van der Waals surface area contributed by atoms with E-state index >= 15 is 0 Å². The first kappa shape index (κ1) is 24.3. The van der Waals surface area contributed by atoms with Crippen molar-refractivity contribution in [2.24, 2.45) is 11.8 Å². The van der Waals surface area contributed by atoms with Crippen molar-refractivity contribution < 1.29 is 9.84 Å². The number of unbranched alkanes of at least 4 members (excludes halogenated alkanes) is 5. The monoisotopic (exact) mass is 424 g/mol. The number of rotatable bonds is 13. The van der Waals surface area contributed by atoms with E-state index in [-0.39, 0.29) is 5.60 Å². The first-order valence-electron chi connectivity index (χ1n) is 13.0. The van der Waals surface area contributed by atoms with E-state index in [4.69, 9.17) is 9.84 Å². The van der Waals surface area contributed by atoms with Crippen LogP contribution < -0.4 is 0 Å². The van der Waals surface area contributed by atoms with Crippen molar-refractivity contribution in [2.45, 2.75) is 96.0 Å². The summed E-state index contributed by atoms with van der Waals surface area (Å²) in [5.74, 6) is 1.57. The molecule has 2 heteroatoms. The van der Waals surface area contributed by atoms with E-state index in [0.717, 1.165) is 44.6 Å². The number of allylic oxidation sites excluding steroid dienone is 2. The number of benzene rings is 1. The highest BCUT2D eigenvalue weighted by Crippen LogP contribution is 2.44. The van der Waals surface area contributed by atoms with Crippen LogP contribution in [0.5, 0.6) is 0 Å². The fourth-order valence-corrected chi connectivity index (χ4v) is 5.46. The number of hydrogen-bond donors (Lipinski definition) is 1. The summed E-state index contributed by atoms with van der Waals surface area (Å²) in [6.07, 6.45) is 23.3. The minimum absolute atomic E-state index is 0.121. The molecule has 31 heavy (non-hydrogen) atoms. The maximum absolute atomic E-state index is 9.00. The Bertz CT molecular complexity index is 669. The van der Waals surface area contributed by atoms with Gasteiger partial charge in [0.25, 0.3) is 0 Å². The second kappa shape index (κ2) is 13.2. The zero-order valence-electron chi connectivity index (χ0n) is 19.7. The molecule has 0 aromatic heterocycles. The summed E-state index contributed by atoms with van der Waals surface area (Å²) < 4.78 is 6.71. The highest BCUT2D eigenvalue weighted by atomic mass is 16.5. The Morgan fingerprint density at radius 3 is 2.39 bits per heavy atom. The maximum Gasteiger partial charge on any atom is 0.0928 e. The molecule has 1 atom stereocenters. The molecular weight excluding hydrogens is 380 g/mol. The Morgan fingerprint density at radius 1 is 0.935 bits per heavy atom. The van der Waals surface area contributed by atoms with Gasteiger partial charge >= 0.3 is 0 Å². The summed E-state index contributed by atoms with van der Waals surface area (Å²) in [6, 6.07) is 10.7. The lowest BCUT2D eigenvalue weighted by Gasteiger charge is -2.43. The van der Waals surface area contributed by atoms with Crippen molar-refractivity contribution in [3.63, 3.8) is 0 Å². The Morgan fingerprint density at radius 2 is 1.71 bits per heavy atom. The van der Waals surface area contributed by atoms with Gasteiger partial charge in [0.05, 0.1) is 5.60 Å². The summed E-state index contributed by atoms with van der Waals surface area (Å²) in [5, 5.41) is 9.00. The third-order valence-corrected chi connectivity index (χ3v) is 7.47. The molecule has 1 unspecified atom stereocenters. The predicted molar refractivity (Wildman–Crippen MR) is 132 cm³/mol. The zero-order valence-corrected chi connectivity index (χ0v) is 19.7. The molecule has 0 radical (unpaired) electrons. The first-order valence-corrected chi connectivity index (χ1v) is 13.0. The lowest BCUT2D eigenvalue weighted by atomic mass is 9.69. The molecule has 0 bridgehead atoms. The van der Waals surface area contributed by atoms with Crippen LogP contribution in [-0.4, -0.2) is 23.9 Å². The van der Waals surface area contributed by atoms with Crippen LogP contribution in [0.25, 0.3) is 5.57 Å². The van der Waals surface area contributed by atoms with Gasteiger partial charge < -0.3 is 9.84 Å². The minimum Gasteiger partial charge on any atom is -0.396 e. The third-order valence-electron chi connectivity index (χ3n) is 7.47. The summed E-state index contributed by atoms with van der Waals surface area (Å²) in [6.45, 7) is 3.44. The lowest BCUT2D eigenvalue weighted by Crippen LogP contribution is -2.42. The number of hydrogen-bond acceptors (Lipinski definition) is 2. The third kappa shape index (κ3) is 7.32. The van der Waals surface area contributed by atoms with Gasteiger partial charge in [-0.05, 0) is 55.1 Å². The number of aliphatic hydroxyl groups is 1. The van der Waals surface area contributed by atoms with E-state index in [2.05, 4.69) is 55.5 Å². The Labute approximate surface area is 190 Å². The van der Waals surface area contributed by atoms with Gasteiger partial charge in [0.2, 0.25) is 0 Å². The van der Waals surface area contributed by atoms with Crippen LogP contribution >= 0.6 is 0 Å². The van der Waals surface area contributed by atoms with Gasteiger partial charge in [-0.1, -0.05) is 107 Å². The Kier molecular flexibility index (Phi) is 10.4. The van der Waals surface area contributed by atoms with Gasteiger partial charge in [-0.3, -0.25) is 0 Å². The molecule has 1 aromatic carbocycles. The molecule has 1 aromatic rings. The fourth-order valence-electron chi connectivity index (χ4n) is 5.46. The van der Waals surface area contributed by atoms with Crippen molar-refractivity contribution in [1.82, 2.24) is 0 Å². The molecule has 0 aliphatic heterocycles. The molecule has 172 valence electrons. The molecule has 1 saturated carbocycles. The molecule has 0 spiro atoms. The van der Waals surface area contributed by atoms with Crippen molar-refractivity contribution in [2.75, 3.05) is 13.2 Å². The van der Waals surface area contributed by atoms with Gasteiger partial charge in [0, 0.05) is 13.2 Å². The Balaban J connectivity index is 1.60. The second-order valence-corrected chi connectivity index (χ2v) is 9.72. The van der Waals surface area contributed by atoms with Crippen LogP contribution in [-0.2, 0) is 4.74 Å². The van der Waals surface area contributed by atoms with E-state index < -0.39 is 0 Å². The number of aliphatic hydroxyl groups excluding tert-OH is 1. The molecule has 0 heterocycles. The van der Waals surface area contributed by atoms with Crippen LogP contribution in [0.2, 0.25) is 0 Å². The van der Waals surface area contributed by atoms with Gasteiger partial charge in [0.1, 0.15) is 0 Å². The van der Waals surface area contributed by atoms with E-state index in [1.807, 2.05) is 0 Å². The van der Waals surface area contributed by atoms with Crippen molar-refractivity contribution >= 4 is 5.57 Å². The van der Waals surface area contributed by atoms with Crippen LogP contribution in [0.4, 0.5) is 0 Å². The van der Waals surface area contributed by atoms with Crippen molar-refractivity contribution in [3.05, 3.63) is 54.1 Å². The van der Waals surface area contributed by atoms with Crippen LogP contribution in [0.3, 0.4) is 0 Å². The van der Waals surface area contributed by atoms with E-state index in [1.165, 1.54) is 62.5 Å². The van der Waals surface area contributed by atoms with Gasteiger partial charge in [-0.2, -0.15) is 0 Å². The largest absolute Gasteiger partial charge is 0.396 e. The predicted octanol–water partition coefficient (Wildman–Crippen LogP) is 7.72. The molecule has 2 aliphatic rings. The van der Waals surface area contributed by atoms with Gasteiger partial charge in [-0.25, -0.2) is 0 Å². The molecule has 1 fully saturated rings. The summed E-state index contributed by atoms with van der Waals surface area (Å²) in [7, 11) is 0. The van der Waals surface area contributed by atoms with E-state index in [0.29, 0.717) is 12.5 Å². The van der Waals surface area contributed by atoms with Crippen molar-refractivity contribution in [1.29, 1.82) is 0 Å². The normalized spacial score (nSPS) is 26.1. The highest BCUT2D eigenvalue weighted by Gasteiger charge is 2.40. The maximum atomic E-state index is 9.00. The summed E-state index contributed by atoms with van der Waals surface area (Å²) in [5.41, 5.74) is 2.51. The molecule has 2 nitrogen and oxygen atoms in total. The quantitative estimate of drug-likeness (QED) is 0.328.